The summed E-state index contributed by atoms with van der Waals surface area (Å²) in [6.07, 6.45) is 46.1. The number of unbranched alkanes of at least 4 members (excludes halogenated alkanes) is 17. The second kappa shape index (κ2) is 30.9. The Hall–Kier alpha value is -1.11. The molecule has 0 saturated carbocycles. The van der Waals surface area contributed by atoms with Gasteiger partial charge in [-0.15, -0.1) is 0 Å². The summed E-state index contributed by atoms with van der Waals surface area (Å²) in [5.74, 6) is 0.319. The molecule has 0 aromatic carbocycles. The largest absolute Gasteiger partial charge is 0.303 e. The molecule has 0 aliphatic heterocycles. The van der Waals surface area contributed by atoms with Crippen LogP contribution >= 0.6 is 0 Å². The van der Waals surface area contributed by atoms with E-state index in [0.717, 1.165) is 32.1 Å². The van der Waals surface area contributed by atoms with Crippen molar-refractivity contribution in [1.29, 1.82) is 0 Å². The molecule has 0 radical (unpaired) electrons. The van der Waals surface area contributed by atoms with Gasteiger partial charge in [-0.3, -0.25) is 0 Å². The molecule has 0 aromatic rings. The maximum atomic E-state index is 11.4. The second-order valence-corrected chi connectivity index (χ2v) is 10.6. The minimum Gasteiger partial charge on any atom is -0.303 e. The maximum absolute atomic E-state index is 11.4. The van der Waals surface area contributed by atoms with Crippen molar-refractivity contribution < 1.29 is 4.79 Å². The van der Waals surface area contributed by atoms with Crippen molar-refractivity contribution >= 4 is 6.29 Å². The third-order valence-corrected chi connectivity index (χ3v) is 7.10. The van der Waals surface area contributed by atoms with Crippen LogP contribution < -0.4 is 0 Å². The number of rotatable bonds is 28. The Bertz CT molecular complexity index is 487. The summed E-state index contributed by atoms with van der Waals surface area (Å²) < 4.78 is 0. The highest BCUT2D eigenvalue weighted by Gasteiger charge is 2.06. The van der Waals surface area contributed by atoms with E-state index in [0.29, 0.717) is 5.92 Å². The average Bonchev–Trinajstić information content (AvgIpc) is 2.87. The van der Waals surface area contributed by atoms with Gasteiger partial charge in [-0.2, -0.15) is 0 Å². The van der Waals surface area contributed by atoms with Crippen LogP contribution in [0, 0.1) is 5.92 Å². The zero-order valence-corrected chi connectivity index (χ0v) is 24.0. The van der Waals surface area contributed by atoms with Gasteiger partial charge in [0, 0.05) is 5.92 Å². The fourth-order valence-corrected chi connectivity index (χ4v) is 4.73. The summed E-state index contributed by atoms with van der Waals surface area (Å²) in [4.78, 5) is 11.4. The Morgan fingerprint density at radius 3 is 1.31 bits per heavy atom. The highest BCUT2D eigenvalue weighted by Crippen LogP contribution is 2.18. The molecule has 0 heterocycles. The third-order valence-electron chi connectivity index (χ3n) is 7.10. The maximum Gasteiger partial charge on any atom is 0.123 e. The van der Waals surface area contributed by atoms with Gasteiger partial charge >= 0.3 is 0 Å². The van der Waals surface area contributed by atoms with Crippen LogP contribution in [0.2, 0.25) is 0 Å². The fraction of sp³-hybridized carbons (Fsp3) is 0.794. The molecule has 0 fully saturated rings. The minimum atomic E-state index is 0.319. The zero-order valence-electron chi connectivity index (χ0n) is 24.0. The Labute approximate surface area is 221 Å². The second-order valence-electron chi connectivity index (χ2n) is 10.6. The predicted molar refractivity (Wildman–Crippen MR) is 159 cm³/mol. The topological polar surface area (TPSA) is 17.1 Å². The molecular formula is C34H62O. The van der Waals surface area contributed by atoms with Gasteiger partial charge in [0.2, 0.25) is 0 Å². The summed E-state index contributed by atoms with van der Waals surface area (Å²) in [6, 6.07) is 0. The average molecular weight is 487 g/mol. The lowest BCUT2D eigenvalue weighted by Crippen LogP contribution is -2.02. The van der Waals surface area contributed by atoms with Crippen LogP contribution in [0.15, 0.2) is 36.5 Å². The smallest absolute Gasteiger partial charge is 0.123 e. The summed E-state index contributed by atoms with van der Waals surface area (Å²) in [5.41, 5.74) is 0. The molecule has 1 heteroatoms. The molecule has 0 aromatic heterocycles. The van der Waals surface area contributed by atoms with Gasteiger partial charge < -0.3 is 4.79 Å². The first-order valence-corrected chi connectivity index (χ1v) is 15.7. The monoisotopic (exact) mass is 486 g/mol. The van der Waals surface area contributed by atoms with E-state index in [1.165, 1.54) is 128 Å². The summed E-state index contributed by atoms with van der Waals surface area (Å²) in [5, 5.41) is 0. The number of carbonyl (C=O) groups excluding carboxylic acids is 1. The van der Waals surface area contributed by atoms with Gasteiger partial charge in [-0.05, 0) is 44.9 Å². The van der Waals surface area contributed by atoms with E-state index in [1.54, 1.807) is 0 Å². The lowest BCUT2D eigenvalue weighted by atomic mass is 9.95. The lowest BCUT2D eigenvalue weighted by Gasteiger charge is -2.10. The van der Waals surface area contributed by atoms with Crippen LogP contribution in [0.5, 0.6) is 0 Å². The van der Waals surface area contributed by atoms with Crippen molar-refractivity contribution in [3.8, 4) is 0 Å². The van der Waals surface area contributed by atoms with Crippen LogP contribution in [0.4, 0.5) is 0 Å². The van der Waals surface area contributed by atoms with Gasteiger partial charge in [0.1, 0.15) is 6.29 Å². The molecule has 0 aliphatic carbocycles. The summed E-state index contributed by atoms with van der Waals surface area (Å²) in [7, 11) is 0. The van der Waals surface area contributed by atoms with Crippen molar-refractivity contribution in [2.75, 3.05) is 0 Å². The first kappa shape index (κ1) is 33.9. The molecule has 1 unspecified atom stereocenters. The molecule has 35 heavy (non-hydrogen) atoms. The number of allylic oxidation sites excluding steroid dienone is 6. The highest BCUT2D eigenvalue weighted by molar-refractivity contribution is 5.53. The van der Waals surface area contributed by atoms with Crippen LogP contribution in [0.3, 0.4) is 0 Å². The summed E-state index contributed by atoms with van der Waals surface area (Å²) >= 11 is 0. The Balaban J connectivity index is 3.37. The third kappa shape index (κ3) is 29.0. The van der Waals surface area contributed by atoms with Crippen molar-refractivity contribution in [2.45, 2.75) is 168 Å². The fourth-order valence-electron chi connectivity index (χ4n) is 4.73. The molecule has 0 N–H and O–H groups in total. The van der Waals surface area contributed by atoms with Gasteiger partial charge in [-0.25, -0.2) is 0 Å². The van der Waals surface area contributed by atoms with Crippen molar-refractivity contribution in [2.24, 2.45) is 5.92 Å². The molecule has 0 amide bonds. The number of carbonyl (C=O) groups is 1. The molecule has 1 nitrogen and oxygen atoms in total. The number of aldehydes is 1. The number of hydrogen-bond acceptors (Lipinski definition) is 1. The van der Waals surface area contributed by atoms with E-state index in [-0.39, 0.29) is 0 Å². The van der Waals surface area contributed by atoms with Gasteiger partial charge in [0.15, 0.2) is 0 Å². The number of hydrogen-bond donors (Lipinski definition) is 0. The van der Waals surface area contributed by atoms with E-state index >= 15 is 0 Å². The highest BCUT2D eigenvalue weighted by atomic mass is 16.1. The van der Waals surface area contributed by atoms with Gasteiger partial charge in [0.05, 0.1) is 0 Å². The first-order valence-electron chi connectivity index (χ1n) is 15.7. The Kier molecular flexibility index (Phi) is 29.9. The van der Waals surface area contributed by atoms with E-state index in [4.69, 9.17) is 0 Å². The lowest BCUT2D eigenvalue weighted by molar-refractivity contribution is -0.111. The molecule has 0 bridgehead atoms. The van der Waals surface area contributed by atoms with E-state index in [1.807, 2.05) is 0 Å². The quantitative estimate of drug-likeness (QED) is 0.0610. The van der Waals surface area contributed by atoms with Crippen LogP contribution in [-0.2, 0) is 4.79 Å². The first-order chi connectivity index (χ1) is 17.3. The van der Waals surface area contributed by atoms with Gasteiger partial charge in [0.25, 0.3) is 0 Å². The van der Waals surface area contributed by atoms with Crippen molar-refractivity contribution in [3.63, 3.8) is 0 Å². The molecule has 0 aliphatic rings. The van der Waals surface area contributed by atoms with E-state index in [2.05, 4.69) is 50.3 Å². The normalized spacial score (nSPS) is 13.0. The van der Waals surface area contributed by atoms with E-state index < -0.39 is 0 Å². The van der Waals surface area contributed by atoms with Crippen molar-refractivity contribution in [1.82, 2.24) is 0 Å². The Morgan fingerprint density at radius 1 is 0.457 bits per heavy atom. The van der Waals surface area contributed by atoms with Crippen LogP contribution in [-0.4, -0.2) is 6.29 Å². The summed E-state index contributed by atoms with van der Waals surface area (Å²) in [6.45, 7) is 4.46. The molecule has 0 saturated heterocycles. The Morgan fingerprint density at radius 2 is 0.857 bits per heavy atom. The molecule has 0 spiro atoms. The SMILES string of the molecule is CC/C=C\C/C=C\C/C=C\CCCCCCCCC(C=O)CCCCCCCCCCCCCC. The molecule has 0 rings (SSSR count). The molecule has 204 valence electrons. The van der Waals surface area contributed by atoms with Gasteiger partial charge in [-0.1, -0.05) is 159 Å². The predicted octanol–water partition coefficient (Wildman–Crippen LogP) is 11.9. The molecular weight excluding hydrogens is 424 g/mol. The molecule has 1 atom stereocenters. The van der Waals surface area contributed by atoms with Crippen LogP contribution in [0.25, 0.3) is 0 Å². The standard InChI is InChI=1S/C34H62O/c1-3-5-7-9-11-13-15-17-18-19-20-22-24-26-28-30-32-34(33-35)31-29-27-25-23-21-16-14-12-10-8-6-4-2/h5,7,11,13,17-18,33-34H,3-4,6,8-10,12,14-16,19-32H2,1-2H3/b7-5-,13-11-,18-17-. The van der Waals surface area contributed by atoms with Crippen molar-refractivity contribution in [3.05, 3.63) is 36.5 Å². The van der Waals surface area contributed by atoms with E-state index in [9.17, 15) is 4.79 Å². The van der Waals surface area contributed by atoms with Crippen LogP contribution in [0.1, 0.15) is 168 Å². The zero-order chi connectivity index (χ0) is 25.5. The minimum absolute atomic E-state index is 0.319.